The molecule has 0 radical (unpaired) electrons. The van der Waals surface area contributed by atoms with Crippen LogP contribution < -0.4 is 5.32 Å². The fraction of sp³-hybridized carbons (Fsp3) is 0.480. The maximum atomic E-state index is 14.4. The van der Waals surface area contributed by atoms with Gasteiger partial charge in [-0.25, -0.2) is 27.7 Å². The number of alkyl halides is 3. The van der Waals surface area contributed by atoms with Gasteiger partial charge in [-0.1, -0.05) is 6.08 Å². The summed E-state index contributed by atoms with van der Waals surface area (Å²) in [6, 6.07) is 0.159. The van der Waals surface area contributed by atoms with Crippen LogP contribution in [0.1, 0.15) is 61.7 Å². The number of ether oxygens (including phenoxy) is 1. The molecule has 1 aromatic carbocycles. The number of carboxylic acids is 1. The van der Waals surface area contributed by atoms with E-state index in [4.69, 9.17) is 4.74 Å². The monoisotopic (exact) mass is 562 g/mol. The number of nitrogens with one attached hydrogen (secondary N) is 1. The molecule has 0 bridgehead atoms. The first kappa shape index (κ1) is 29.8. The fourth-order valence-electron chi connectivity index (χ4n) is 4.32. The maximum absolute atomic E-state index is 14.4. The van der Waals surface area contributed by atoms with E-state index >= 15 is 0 Å². The van der Waals surface area contributed by atoms with Crippen molar-refractivity contribution >= 4 is 12.1 Å². The molecule has 1 amide bonds. The highest BCUT2D eigenvalue weighted by atomic mass is 19.4. The highest BCUT2D eigenvalue weighted by molar-refractivity contribution is 5.87. The van der Waals surface area contributed by atoms with Crippen molar-refractivity contribution in [3.63, 3.8) is 0 Å². The molecule has 1 unspecified atom stereocenters. The van der Waals surface area contributed by atoms with Crippen LogP contribution in [0.3, 0.4) is 0 Å². The number of allylic oxidation sites excluding steroid dienone is 1. The van der Waals surface area contributed by atoms with Crippen molar-refractivity contribution in [1.82, 2.24) is 19.8 Å². The number of fused-ring (bicyclic) bond motifs is 1. The van der Waals surface area contributed by atoms with Crippen molar-refractivity contribution in [2.45, 2.75) is 71.4 Å². The molecule has 39 heavy (non-hydrogen) atoms. The minimum absolute atomic E-state index is 0.0170. The molecule has 0 saturated heterocycles. The van der Waals surface area contributed by atoms with Crippen LogP contribution in [0, 0.1) is 17.5 Å². The lowest BCUT2D eigenvalue weighted by atomic mass is 10.00. The molecule has 0 fully saturated rings. The van der Waals surface area contributed by atoms with Gasteiger partial charge in [0.1, 0.15) is 11.4 Å². The van der Waals surface area contributed by atoms with Gasteiger partial charge in [-0.3, -0.25) is 0 Å². The van der Waals surface area contributed by atoms with E-state index in [0.717, 1.165) is 4.57 Å². The number of halogens is 6. The Bertz CT molecular complexity index is 1280. The smallest absolute Gasteiger partial charge is 0.449 e. The normalized spacial score (nSPS) is 15.1. The zero-order chi connectivity index (χ0) is 29.3. The lowest BCUT2D eigenvalue weighted by molar-refractivity contribution is -0.147. The second-order valence-electron chi connectivity index (χ2n) is 10.00. The number of rotatable bonds is 7. The molecule has 1 atom stereocenters. The highest BCUT2D eigenvalue weighted by Gasteiger charge is 2.41. The standard InChI is InChI=1S/C25H28F6N4O4/c1-5-15(34-6-7-35-19(12-34)20(21(36)37)33-22(35)25(29,30)31)10-14(32-23(38)39-24(2,3)4)8-13-9-17(27)18(28)11-16(13)26/h5,9,11,14H,6-8,10,12H2,1-4H3,(H,32,38)(H,36,37). The summed E-state index contributed by atoms with van der Waals surface area (Å²) in [7, 11) is 0. The largest absolute Gasteiger partial charge is 0.476 e. The Morgan fingerprint density at radius 3 is 2.33 bits per heavy atom. The Morgan fingerprint density at radius 2 is 1.77 bits per heavy atom. The summed E-state index contributed by atoms with van der Waals surface area (Å²) in [5, 5.41) is 12.0. The second-order valence-corrected chi connectivity index (χ2v) is 10.00. The predicted octanol–water partition coefficient (Wildman–Crippen LogP) is 5.26. The second kappa shape index (κ2) is 11.2. The van der Waals surface area contributed by atoms with Crippen molar-refractivity contribution < 1.29 is 45.8 Å². The summed E-state index contributed by atoms with van der Waals surface area (Å²) in [5.74, 6) is -6.61. The Labute approximate surface area is 220 Å². The van der Waals surface area contributed by atoms with Crippen LogP contribution in [0.15, 0.2) is 23.9 Å². The van der Waals surface area contributed by atoms with Crippen molar-refractivity contribution in [3.05, 3.63) is 64.1 Å². The molecule has 2 N–H and O–H groups in total. The molecule has 0 aliphatic carbocycles. The first-order valence-electron chi connectivity index (χ1n) is 11.9. The first-order valence-corrected chi connectivity index (χ1v) is 11.9. The van der Waals surface area contributed by atoms with Gasteiger partial charge in [0.05, 0.1) is 12.2 Å². The maximum Gasteiger partial charge on any atom is 0.449 e. The number of imidazole rings is 1. The Kier molecular flexibility index (Phi) is 8.56. The quantitative estimate of drug-likeness (QED) is 0.353. The lowest BCUT2D eigenvalue weighted by Crippen LogP contribution is -2.42. The zero-order valence-corrected chi connectivity index (χ0v) is 21.6. The lowest BCUT2D eigenvalue weighted by Gasteiger charge is -2.34. The number of benzene rings is 1. The van der Waals surface area contributed by atoms with E-state index < -0.39 is 58.9 Å². The van der Waals surface area contributed by atoms with Gasteiger partial charge in [0, 0.05) is 37.3 Å². The van der Waals surface area contributed by atoms with Crippen LogP contribution in [-0.2, 0) is 30.4 Å². The number of aromatic carboxylic acids is 1. The van der Waals surface area contributed by atoms with Crippen molar-refractivity contribution in [2.75, 3.05) is 6.54 Å². The molecule has 0 spiro atoms. The Balaban J connectivity index is 1.90. The van der Waals surface area contributed by atoms with Gasteiger partial charge in [0.2, 0.25) is 5.82 Å². The number of carbonyl (C=O) groups excluding carboxylic acids is 1. The number of carboxylic acid groups (broad SMARTS) is 1. The molecule has 1 aliphatic heterocycles. The number of hydrogen-bond donors (Lipinski definition) is 2. The van der Waals surface area contributed by atoms with Crippen molar-refractivity contribution in [2.24, 2.45) is 0 Å². The molecule has 14 heteroatoms. The predicted molar refractivity (Wildman–Crippen MR) is 126 cm³/mol. The summed E-state index contributed by atoms with van der Waals surface area (Å²) in [5.41, 5.74) is -1.49. The van der Waals surface area contributed by atoms with E-state index in [9.17, 15) is 41.0 Å². The van der Waals surface area contributed by atoms with Gasteiger partial charge < -0.3 is 24.6 Å². The highest BCUT2D eigenvalue weighted by Crippen LogP contribution is 2.33. The van der Waals surface area contributed by atoms with Gasteiger partial charge in [0.15, 0.2) is 17.3 Å². The summed E-state index contributed by atoms with van der Waals surface area (Å²) >= 11 is 0. The van der Waals surface area contributed by atoms with Crippen molar-refractivity contribution in [1.29, 1.82) is 0 Å². The third-order valence-corrected chi connectivity index (χ3v) is 5.93. The van der Waals surface area contributed by atoms with Crippen LogP contribution in [0.4, 0.5) is 31.1 Å². The van der Waals surface area contributed by atoms with Crippen molar-refractivity contribution in [3.8, 4) is 0 Å². The van der Waals surface area contributed by atoms with Gasteiger partial charge >= 0.3 is 18.2 Å². The molecule has 2 heterocycles. The fourth-order valence-corrected chi connectivity index (χ4v) is 4.32. The van der Waals surface area contributed by atoms with Gasteiger partial charge in [-0.15, -0.1) is 0 Å². The third-order valence-electron chi connectivity index (χ3n) is 5.93. The summed E-state index contributed by atoms with van der Waals surface area (Å²) in [6.45, 7) is 6.10. The number of alkyl carbamates (subject to hydrolysis) is 1. The molecule has 1 aromatic heterocycles. The number of hydrogen-bond acceptors (Lipinski definition) is 5. The SMILES string of the molecule is CC=C(CC(Cc1cc(F)c(F)cc1F)NC(=O)OC(C)(C)C)N1CCn2c(C(F)(F)F)nc(C(=O)O)c2C1. The van der Waals surface area contributed by atoms with Crippen LogP contribution >= 0.6 is 0 Å². The molecule has 2 aromatic rings. The van der Waals surface area contributed by atoms with E-state index in [0.29, 0.717) is 17.8 Å². The molecule has 8 nitrogen and oxygen atoms in total. The molecule has 3 rings (SSSR count). The minimum atomic E-state index is -4.86. The number of aromatic nitrogens is 2. The van der Waals surface area contributed by atoms with E-state index in [1.807, 2.05) is 0 Å². The number of amides is 1. The van der Waals surface area contributed by atoms with E-state index in [-0.39, 0.29) is 43.7 Å². The third kappa shape index (κ3) is 7.24. The molecule has 214 valence electrons. The first-order chi connectivity index (χ1) is 18.0. The van der Waals surface area contributed by atoms with Crippen LogP contribution in [-0.4, -0.2) is 49.8 Å². The molecular weight excluding hydrogens is 534 g/mol. The minimum Gasteiger partial charge on any atom is -0.476 e. The van der Waals surface area contributed by atoms with E-state index in [2.05, 4.69) is 10.3 Å². The van der Waals surface area contributed by atoms with E-state index in [1.165, 1.54) is 0 Å². The Morgan fingerprint density at radius 1 is 1.13 bits per heavy atom. The Hall–Kier alpha value is -3.71. The van der Waals surface area contributed by atoms with Gasteiger partial charge in [0.25, 0.3) is 0 Å². The average Bonchev–Trinajstić information content (AvgIpc) is 3.19. The number of carbonyl (C=O) groups is 2. The molecular formula is C25H28F6N4O4. The van der Waals surface area contributed by atoms with Crippen LogP contribution in [0.5, 0.6) is 0 Å². The average molecular weight is 563 g/mol. The van der Waals surface area contributed by atoms with E-state index in [1.54, 1.807) is 38.7 Å². The zero-order valence-electron chi connectivity index (χ0n) is 21.6. The molecule has 1 aliphatic rings. The van der Waals surface area contributed by atoms with Crippen LogP contribution in [0.2, 0.25) is 0 Å². The molecule has 0 saturated carbocycles. The van der Waals surface area contributed by atoms with Gasteiger partial charge in [-0.05, 0) is 45.7 Å². The summed E-state index contributed by atoms with van der Waals surface area (Å²) < 4.78 is 88.1. The summed E-state index contributed by atoms with van der Waals surface area (Å²) in [4.78, 5) is 29.1. The topological polar surface area (TPSA) is 96.7 Å². The van der Waals surface area contributed by atoms with Gasteiger partial charge in [-0.2, -0.15) is 13.2 Å². The summed E-state index contributed by atoms with van der Waals surface area (Å²) in [6.07, 6.45) is -4.39. The number of nitrogens with zero attached hydrogens (tertiary/aromatic N) is 3. The van der Waals surface area contributed by atoms with Crippen LogP contribution in [0.25, 0.3) is 0 Å².